The van der Waals surface area contributed by atoms with Crippen LogP contribution in [-0.2, 0) is 18.0 Å². The summed E-state index contributed by atoms with van der Waals surface area (Å²) < 4.78 is 40.3. The van der Waals surface area contributed by atoms with Crippen molar-refractivity contribution in [2.75, 3.05) is 11.1 Å². The fraction of sp³-hybridized carbons (Fsp3) is 0.238. The van der Waals surface area contributed by atoms with Gasteiger partial charge in [0, 0.05) is 12.6 Å². The molecule has 0 radical (unpaired) electrons. The lowest BCUT2D eigenvalue weighted by Gasteiger charge is -2.14. The van der Waals surface area contributed by atoms with Crippen molar-refractivity contribution in [3.63, 3.8) is 0 Å². The molecule has 12 heteroatoms. The Morgan fingerprint density at radius 2 is 1.85 bits per heavy atom. The van der Waals surface area contributed by atoms with Gasteiger partial charge in [0.05, 0.1) is 28.1 Å². The van der Waals surface area contributed by atoms with Gasteiger partial charge in [-0.1, -0.05) is 41.6 Å². The minimum absolute atomic E-state index is 0.00900. The molecule has 0 aliphatic heterocycles. The van der Waals surface area contributed by atoms with Crippen molar-refractivity contribution in [1.29, 1.82) is 0 Å². The Labute approximate surface area is 196 Å². The van der Waals surface area contributed by atoms with E-state index < -0.39 is 23.7 Å². The summed E-state index contributed by atoms with van der Waals surface area (Å²) in [5.41, 5.74) is -0.543. The van der Waals surface area contributed by atoms with Gasteiger partial charge in [0.2, 0.25) is 5.91 Å². The van der Waals surface area contributed by atoms with Gasteiger partial charge in [-0.15, -0.1) is 10.2 Å². The highest BCUT2D eigenvalue weighted by Crippen LogP contribution is 2.34. The molecular formula is C21H19ClF3N5O2S. The Kier molecular flexibility index (Phi) is 7.65. The molecule has 3 aromatic rings. The molecule has 2 N–H and O–H groups in total. The van der Waals surface area contributed by atoms with E-state index in [-0.39, 0.29) is 22.4 Å². The van der Waals surface area contributed by atoms with Crippen LogP contribution in [0.1, 0.15) is 34.7 Å². The van der Waals surface area contributed by atoms with Crippen molar-refractivity contribution < 1.29 is 22.8 Å². The van der Waals surface area contributed by atoms with Crippen LogP contribution in [0.3, 0.4) is 0 Å². The Bertz CT molecular complexity index is 1150. The van der Waals surface area contributed by atoms with Crippen molar-refractivity contribution in [2.45, 2.75) is 24.3 Å². The van der Waals surface area contributed by atoms with Crippen LogP contribution >= 0.6 is 23.4 Å². The molecule has 0 saturated carbocycles. The van der Waals surface area contributed by atoms with E-state index in [9.17, 15) is 22.8 Å². The van der Waals surface area contributed by atoms with Gasteiger partial charge in [0.1, 0.15) is 0 Å². The fourth-order valence-electron chi connectivity index (χ4n) is 2.88. The van der Waals surface area contributed by atoms with Crippen LogP contribution in [0, 0.1) is 0 Å². The third-order valence-corrected chi connectivity index (χ3v) is 5.89. The molecule has 2 aromatic carbocycles. The molecule has 0 aliphatic carbocycles. The van der Waals surface area contributed by atoms with Gasteiger partial charge in [0.25, 0.3) is 5.91 Å². The molecule has 174 valence electrons. The number of anilines is 1. The molecule has 0 spiro atoms. The number of aromatic nitrogens is 3. The van der Waals surface area contributed by atoms with Crippen LogP contribution in [0.5, 0.6) is 0 Å². The first-order valence-corrected chi connectivity index (χ1v) is 11.0. The predicted molar refractivity (Wildman–Crippen MR) is 119 cm³/mol. The van der Waals surface area contributed by atoms with Crippen LogP contribution in [-0.4, -0.2) is 32.3 Å². The van der Waals surface area contributed by atoms with Crippen molar-refractivity contribution in [2.24, 2.45) is 7.05 Å². The maximum absolute atomic E-state index is 12.9. The molecule has 7 nitrogen and oxygen atoms in total. The van der Waals surface area contributed by atoms with Crippen LogP contribution < -0.4 is 10.6 Å². The van der Waals surface area contributed by atoms with E-state index in [1.54, 1.807) is 42.8 Å². The normalized spacial score (nSPS) is 12.3. The number of hydrogen-bond donors (Lipinski definition) is 2. The van der Waals surface area contributed by atoms with E-state index in [4.69, 9.17) is 11.6 Å². The second kappa shape index (κ2) is 10.3. The maximum atomic E-state index is 12.9. The van der Waals surface area contributed by atoms with E-state index in [0.29, 0.717) is 16.5 Å². The quantitative estimate of drug-likeness (QED) is 0.461. The molecular weight excluding hydrogens is 479 g/mol. The summed E-state index contributed by atoms with van der Waals surface area (Å²) in [7, 11) is 1.68. The summed E-state index contributed by atoms with van der Waals surface area (Å²) in [5.74, 6) is -0.486. The Morgan fingerprint density at radius 1 is 1.15 bits per heavy atom. The molecule has 1 atom stereocenters. The average Bonchev–Trinajstić information content (AvgIpc) is 3.14. The summed E-state index contributed by atoms with van der Waals surface area (Å²) in [6.07, 6.45) is -4.56. The zero-order valence-electron chi connectivity index (χ0n) is 17.5. The summed E-state index contributed by atoms with van der Waals surface area (Å²) in [6.45, 7) is 1.75. The monoisotopic (exact) mass is 497 g/mol. The molecule has 0 saturated heterocycles. The second-order valence-electron chi connectivity index (χ2n) is 6.99. The van der Waals surface area contributed by atoms with Crippen molar-refractivity contribution in [3.8, 4) is 0 Å². The number of carbonyl (C=O) groups excluding carboxylic acids is 2. The molecule has 3 rings (SSSR count). The lowest BCUT2D eigenvalue weighted by Crippen LogP contribution is -2.28. The number of halogens is 4. The number of carbonyl (C=O) groups is 2. The lowest BCUT2D eigenvalue weighted by molar-refractivity contribution is -0.137. The van der Waals surface area contributed by atoms with Crippen molar-refractivity contribution in [3.05, 3.63) is 70.5 Å². The first-order chi connectivity index (χ1) is 15.6. The van der Waals surface area contributed by atoms with Crippen molar-refractivity contribution >= 4 is 40.9 Å². The Hall–Kier alpha value is -3.05. The largest absolute Gasteiger partial charge is 0.416 e. The Morgan fingerprint density at radius 3 is 2.52 bits per heavy atom. The molecule has 2 amide bonds. The highest BCUT2D eigenvalue weighted by atomic mass is 35.5. The van der Waals surface area contributed by atoms with Gasteiger partial charge in [-0.25, -0.2) is 0 Å². The highest BCUT2D eigenvalue weighted by molar-refractivity contribution is 7.99. The summed E-state index contributed by atoms with van der Waals surface area (Å²) >= 11 is 6.95. The lowest BCUT2D eigenvalue weighted by atomic mass is 10.2. The average molecular weight is 498 g/mol. The maximum Gasteiger partial charge on any atom is 0.416 e. The van der Waals surface area contributed by atoms with E-state index in [1.807, 2.05) is 6.07 Å². The summed E-state index contributed by atoms with van der Waals surface area (Å²) in [5, 5.41) is 13.7. The van der Waals surface area contributed by atoms with E-state index >= 15 is 0 Å². The SMILES string of the molecule is C[C@H](NC(=O)c1ccccc1)c1nnc(SCC(=O)Nc2cc(C(F)(F)F)ccc2Cl)n1C. The van der Waals surface area contributed by atoms with Crippen LogP contribution in [0.2, 0.25) is 5.02 Å². The zero-order valence-corrected chi connectivity index (χ0v) is 19.1. The first kappa shape index (κ1) is 24.6. The second-order valence-corrected chi connectivity index (χ2v) is 8.34. The van der Waals surface area contributed by atoms with Crippen LogP contribution in [0.15, 0.2) is 53.7 Å². The molecule has 0 bridgehead atoms. The minimum atomic E-state index is -4.56. The standard InChI is InChI=1S/C21H19ClF3N5O2S/c1-12(26-19(32)13-6-4-3-5-7-13)18-28-29-20(30(18)2)33-11-17(31)27-16-10-14(21(23,24)25)8-9-15(16)22/h3-10,12H,11H2,1-2H3,(H,26,32)(H,27,31)/t12-/m0/s1. The number of nitrogens with zero attached hydrogens (tertiary/aromatic N) is 3. The van der Waals surface area contributed by atoms with Crippen LogP contribution in [0.25, 0.3) is 0 Å². The van der Waals surface area contributed by atoms with Gasteiger partial charge >= 0.3 is 6.18 Å². The number of hydrogen-bond acceptors (Lipinski definition) is 5. The molecule has 0 aliphatic rings. The fourth-order valence-corrected chi connectivity index (χ4v) is 3.76. The number of amides is 2. The summed E-state index contributed by atoms with van der Waals surface area (Å²) in [4.78, 5) is 24.6. The van der Waals surface area contributed by atoms with E-state index in [0.717, 1.165) is 30.0 Å². The van der Waals surface area contributed by atoms with E-state index in [2.05, 4.69) is 20.8 Å². The number of benzene rings is 2. The van der Waals surface area contributed by atoms with E-state index in [1.165, 1.54) is 0 Å². The van der Waals surface area contributed by atoms with Crippen molar-refractivity contribution in [1.82, 2.24) is 20.1 Å². The molecule has 33 heavy (non-hydrogen) atoms. The topological polar surface area (TPSA) is 88.9 Å². The van der Waals surface area contributed by atoms with Gasteiger partial charge in [-0.3, -0.25) is 9.59 Å². The van der Waals surface area contributed by atoms with Gasteiger partial charge in [-0.05, 0) is 37.3 Å². The number of nitrogens with one attached hydrogen (secondary N) is 2. The third kappa shape index (κ3) is 6.26. The Balaban J connectivity index is 1.60. The predicted octanol–water partition coefficient (Wildman–Crippen LogP) is 4.71. The highest BCUT2D eigenvalue weighted by Gasteiger charge is 2.31. The molecule has 1 heterocycles. The molecule has 0 fully saturated rings. The van der Waals surface area contributed by atoms with Gasteiger partial charge < -0.3 is 15.2 Å². The van der Waals surface area contributed by atoms with Crippen LogP contribution in [0.4, 0.5) is 18.9 Å². The summed E-state index contributed by atoms with van der Waals surface area (Å²) in [6, 6.07) is 10.9. The molecule has 1 aromatic heterocycles. The molecule has 0 unspecified atom stereocenters. The number of thioether (sulfide) groups is 1. The third-order valence-electron chi connectivity index (χ3n) is 4.54. The smallest absolute Gasteiger partial charge is 0.342 e. The number of rotatable bonds is 7. The first-order valence-electron chi connectivity index (χ1n) is 9.61. The minimum Gasteiger partial charge on any atom is -0.342 e. The zero-order chi connectivity index (χ0) is 24.2. The number of alkyl halides is 3. The van der Waals surface area contributed by atoms with Gasteiger partial charge in [-0.2, -0.15) is 13.2 Å². The van der Waals surface area contributed by atoms with Gasteiger partial charge in [0.15, 0.2) is 11.0 Å².